The van der Waals surface area contributed by atoms with E-state index in [0.29, 0.717) is 11.5 Å². The summed E-state index contributed by atoms with van der Waals surface area (Å²) in [5.41, 5.74) is 4.13. The van der Waals surface area contributed by atoms with Gasteiger partial charge in [0.05, 0.1) is 17.0 Å². The van der Waals surface area contributed by atoms with Crippen LogP contribution in [0.1, 0.15) is 28.0 Å². The summed E-state index contributed by atoms with van der Waals surface area (Å²) < 4.78 is 0. The predicted octanol–water partition coefficient (Wildman–Crippen LogP) is 2.09. The Kier molecular flexibility index (Phi) is 5.37. The molecule has 8 nitrogen and oxygen atoms in total. The van der Waals surface area contributed by atoms with E-state index in [4.69, 9.17) is 4.98 Å². The zero-order valence-electron chi connectivity index (χ0n) is 17.4. The summed E-state index contributed by atoms with van der Waals surface area (Å²) >= 11 is 1.72. The third kappa shape index (κ3) is 4.15. The van der Waals surface area contributed by atoms with E-state index in [-0.39, 0.29) is 18.2 Å². The maximum Gasteiger partial charge on any atom is 0.253 e. The van der Waals surface area contributed by atoms with Gasteiger partial charge in [-0.1, -0.05) is 0 Å². The Morgan fingerprint density at radius 2 is 1.94 bits per heavy atom. The number of nitrogens with zero attached hydrogens (tertiary/aromatic N) is 4. The number of thioether (sulfide) groups is 1. The van der Waals surface area contributed by atoms with Gasteiger partial charge in [0, 0.05) is 60.6 Å². The molecule has 9 heteroatoms. The van der Waals surface area contributed by atoms with E-state index in [1.807, 2.05) is 29.2 Å². The Balaban J connectivity index is 1.32. The van der Waals surface area contributed by atoms with Crippen molar-refractivity contribution >= 4 is 40.1 Å². The third-order valence-electron chi connectivity index (χ3n) is 5.77. The van der Waals surface area contributed by atoms with Gasteiger partial charge in [0.2, 0.25) is 11.9 Å². The van der Waals surface area contributed by atoms with Crippen LogP contribution >= 0.6 is 11.8 Å². The standard InChI is InChI=1S/C22H24N6O2S/c1-27-7-9-28(10-8-27)21(30)14-2-4-16(5-3-14)24-22-23-13-15-12-18(29)25-17-6-11-31-20(17)19(15)26-22/h2-5,13H,6-12H2,1H3,(H,25,29)(H,23,24,26). The average molecular weight is 437 g/mol. The maximum atomic E-state index is 12.7. The number of fused-ring (bicyclic) bond motifs is 2. The quantitative estimate of drug-likeness (QED) is 0.761. The molecule has 2 aromatic rings. The molecule has 0 unspecified atom stereocenters. The van der Waals surface area contributed by atoms with Crippen molar-refractivity contribution < 1.29 is 9.59 Å². The molecule has 1 fully saturated rings. The van der Waals surface area contributed by atoms with E-state index >= 15 is 0 Å². The zero-order chi connectivity index (χ0) is 21.4. The van der Waals surface area contributed by atoms with Crippen LogP contribution in [0.3, 0.4) is 0 Å². The molecule has 0 bridgehead atoms. The first-order chi connectivity index (χ1) is 15.1. The largest absolute Gasteiger partial charge is 0.336 e. The number of nitrogens with one attached hydrogen (secondary N) is 2. The van der Waals surface area contributed by atoms with Gasteiger partial charge in [-0.25, -0.2) is 9.97 Å². The molecule has 1 aromatic carbocycles. The summed E-state index contributed by atoms with van der Waals surface area (Å²) in [6.45, 7) is 3.31. The number of likely N-dealkylation sites (N-methyl/N-ethyl adjacent to an activating group) is 1. The Bertz CT molecular complexity index is 1060. The van der Waals surface area contributed by atoms with Gasteiger partial charge in [0.25, 0.3) is 5.91 Å². The van der Waals surface area contributed by atoms with Crippen LogP contribution in [0.2, 0.25) is 0 Å². The number of carbonyl (C=O) groups excluding carboxylic acids is 2. The summed E-state index contributed by atoms with van der Waals surface area (Å²) in [5.74, 6) is 1.47. The van der Waals surface area contributed by atoms with Crippen molar-refractivity contribution in [3.05, 3.63) is 53.0 Å². The van der Waals surface area contributed by atoms with E-state index in [0.717, 1.165) is 65.9 Å². The first kappa shape index (κ1) is 20.0. The SMILES string of the molecule is CN1CCN(C(=O)c2ccc(Nc3ncc4c(n3)C3=C(CCS3)NC(=O)C4)cc2)CC1. The number of anilines is 2. The molecule has 1 saturated heterocycles. The van der Waals surface area contributed by atoms with Crippen LogP contribution in [0.5, 0.6) is 0 Å². The fourth-order valence-corrected chi connectivity index (χ4v) is 5.13. The van der Waals surface area contributed by atoms with Crippen molar-refractivity contribution in [1.82, 2.24) is 25.1 Å². The second-order valence-electron chi connectivity index (χ2n) is 8.00. The highest BCUT2D eigenvalue weighted by Gasteiger charge is 2.27. The molecule has 3 aliphatic heterocycles. The molecule has 3 aliphatic rings. The molecule has 0 saturated carbocycles. The summed E-state index contributed by atoms with van der Waals surface area (Å²) in [5, 5.41) is 6.22. The van der Waals surface area contributed by atoms with Crippen molar-refractivity contribution in [3.63, 3.8) is 0 Å². The molecular formula is C22H24N6O2S. The van der Waals surface area contributed by atoms with Crippen molar-refractivity contribution in [2.24, 2.45) is 0 Å². The van der Waals surface area contributed by atoms with E-state index in [1.54, 1.807) is 18.0 Å². The number of piperazine rings is 1. The average Bonchev–Trinajstić information content (AvgIpc) is 3.18. The molecule has 31 heavy (non-hydrogen) atoms. The summed E-state index contributed by atoms with van der Waals surface area (Å²) in [6.07, 6.45) is 2.86. The van der Waals surface area contributed by atoms with Crippen LogP contribution in [0.4, 0.5) is 11.6 Å². The van der Waals surface area contributed by atoms with E-state index < -0.39 is 0 Å². The molecule has 160 valence electrons. The van der Waals surface area contributed by atoms with Crippen LogP contribution in [0.25, 0.3) is 4.91 Å². The van der Waals surface area contributed by atoms with Crippen LogP contribution in [-0.4, -0.2) is 70.6 Å². The van der Waals surface area contributed by atoms with Crippen LogP contribution in [0.15, 0.2) is 36.2 Å². The minimum absolute atomic E-state index is 0.0151. The lowest BCUT2D eigenvalue weighted by atomic mass is 10.1. The fourth-order valence-electron chi connectivity index (χ4n) is 3.98. The molecule has 0 spiro atoms. The van der Waals surface area contributed by atoms with E-state index in [1.165, 1.54) is 0 Å². The molecule has 1 aromatic heterocycles. The highest BCUT2D eigenvalue weighted by atomic mass is 32.2. The third-order valence-corrected chi connectivity index (χ3v) is 6.91. The number of benzene rings is 1. The second kappa shape index (κ2) is 8.32. The van der Waals surface area contributed by atoms with Crippen molar-refractivity contribution in [3.8, 4) is 0 Å². The van der Waals surface area contributed by atoms with Crippen molar-refractivity contribution in [1.29, 1.82) is 0 Å². The van der Waals surface area contributed by atoms with Gasteiger partial charge in [-0.15, -0.1) is 11.8 Å². The smallest absolute Gasteiger partial charge is 0.253 e. The molecule has 0 radical (unpaired) electrons. The molecule has 2 N–H and O–H groups in total. The Hall–Kier alpha value is -2.91. The van der Waals surface area contributed by atoms with E-state index in [2.05, 4.69) is 27.6 Å². The first-order valence-corrected chi connectivity index (χ1v) is 11.4. The topological polar surface area (TPSA) is 90.5 Å². The van der Waals surface area contributed by atoms with Crippen LogP contribution in [0, 0.1) is 0 Å². The lowest BCUT2D eigenvalue weighted by molar-refractivity contribution is -0.119. The minimum Gasteiger partial charge on any atom is -0.336 e. The minimum atomic E-state index is -0.0151. The Labute approximate surface area is 185 Å². The number of allylic oxidation sites excluding steroid dienone is 1. The van der Waals surface area contributed by atoms with Crippen molar-refractivity contribution in [2.75, 3.05) is 44.3 Å². The van der Waals surface area contributed by atoms with Gasteiger partial charge in [0.15, 0.2) is 0 Å². The first-order valence-electron chi connectivity index (χ1n) is 10.4. The highest BCUT2D eigenvalue weighted by Crippen LogP contribution is 2.40. The molecule has 0 aliphatic carbocycles. The van der Waals surface area contributed by atoms with Crippen molar-refractivity contribution in [2.45, 2.75) is 12.8 Å². The summed E-state index contributed by atoms with van der Waals surface area (Å²) in [7, 11) is 2.07. The summed E-state index contributed by atoms with van der Waals surface area (Å²) in [4.78, 5) is 39.1. The van der Waals surface area contributed by atoms with Gasteiger partial charge in [0.1, 0.15) is 0 Å². The number of rotatable bonds is 3. The maximum absolute atomic E-state index is 12.7. The van der Waals surface area contributed by atoms with Gasteiger partial charge in [-0.2, -0.15) is 0 Å². The van der Waals surface area contributed by atoms with Gasteiger partial charge in [-0.05, 0) is 37.7 Å². The number of hydrogen-bond acceptors (Lipinski definition) is 7. The van der Waals surface area contributed by atoms with E-state index in [9.17, 15) is 9.59 Å². The molecule has 5 rings (SSSR count). The number of aromatic nitrogens is 2. The Morgan fingerprint density at radius 1 is 1.16 bits per heavy atom. The predicted molar refractivity (Wildman–Crippen MR) is 121 cm³/mol. The molecule has 2 amide bonds. The van der Waals surface area contributed by atoms with Crippen LogP contribution in [-0.2, 0) is 11.2 Å². The van der Waals surface area contributed by atoms with Gasteiger partial charge >= 0.3 is 0 Å². The number of hydrogen-bond donors (Lipinski definition) is 2. The molecule has 0 atom stereocenters. The number of carbonyl (C=O) groups is 2. The fraction of sp³-hybridized carbons (Fsp3) is 0.364. The lowest BCUT2D eigenvalue weighted by Crippen LogP contribution is -2.47. The normalized spacial score (nSPS) is 18.9. The molecule has 4 heterocycles. The summed E-state index contributed by atoms with van der Waals surface area (Å²) in [6, 6.07) is 7.42. The number of amides is 2. The monoisotopic (exact) mass is 436 g/mol. The van der Waals surface area contributed by atoms with Gasteiger partial charge in [-0.3, -0.25) is 9.59 Å². The van der Waals surface area contributed by atoms with Gasteiger partial charge < -0.3 is 20.4 Å². The lowest BCUT2D eigenvalue weighted by Gasteiger charge is -2.32. The van der Waals surface area contributed by atoms with Crippen LogP contribution < -0.4 is 10.6 Å². The molecular weight excluding hydrogens is 412 g/mol. The Morgan fingerprint density at radius 3 is 2.71 bits per heavy atom. The zero-order valence-corrected chi connectivity index (χ0v) is 18.2. The second-order valence-corrected chi connectivity index (χ2v) is 9.10. The highest BCUT2D eigenvalue weighted by molar-refractivity contribution is 8.08.